The summed E-state index contributed by atoms with van der Waals surface area (Å²) < 4.78 is 0. The van der Waals surface area contributed by atoms with Gasteiger partial charge in [-0.15, -0.1) is 49.6 Å². The van der Waals surface area contributed by atoms with Gasteiger partial charge in [0.05, 0.1) is 0 Å². The van der Waals surface area contributed by atoms with Gasteiger partial charge >= 0.3 is 0 Å². The summed E-state index contributed by atoms with van der Waals surface area (Å²) in [5, 5.41) is 0. The van der Waals surface area contributed by atoms with Gasteiger partial charge in [0.15, 0.2) is 0 Å². The quantitative estimate of drug-likeness (QED) is 0.487. The van der Waals surface area contributed by atoms with Crippen molar-refractivity contribution < 1.29 is 5.48 Å². The van der Waals surface area contributed by atoms with Gasteiger partial charge in [-0.3, -0.25) is 11.7 Å². The molecule has 0 atom stereocenters. The number of hydrogen-bond donors (Lipinski definition) is 4. The zero-order valence-corrected chi connectivity index (χ0v) is 14.2. The monoisotopic (exact) mass is 376 g/mol. The predicted octanol–water partition coefficient (Wildman–Crippen LogP) is 2.79. The Balaban J connectivity index is -0.000000289. The fraction of sp³-hybridized carbons (Fsp3) is 0. The van der Waals surface area contributed by atoms with Crippen molar-refractivity contribution in [2.45, 2.75) is 0 Å². The molecule has 2 aromatic rings. The second-order valence-electron chi connectivity index (χ2n) is 3.44. The van der Waals surface area contributed by atoms with E-state index in [2.05, 4.69) is 10.9 Å². The smallest absolute Gasteiger partial charge is 0.0485 e. The van der Waals surface area contributed by atoms with Gasteiger partial charge in [-0.2, -0.15) is 0 Å². The zero-order valence-electron chi connectivity index (χ0n) is 10.9. The van der Waals surface area contributed by atoms with E-state index < -0.39 is 0 Å². The highest BCUT2D eigenvalue weighted by molar-refractivity contribution is 5.86. The topological polar surface area (TPSA) is 108 Å². The molecular weight excluding hydrogens is 358 g/mol. The molecule has 0 heterocycles. The lowest BCUT2D eigenvalue weighted by Crippen LogP contribution is -2.06. The Hall–Kier alpha value is -0.920. The molecule has 0 spiro atoms. The fourth-order valence-electron chi connectivity index (χ4n) is 1.52. The largest absolute Gasteiger partial charge is 0.412 e. The molecule has 0 saturated heterocycles. The number of nitrogens with two attached hydrogens (primary N) is 2. The van der Waals surface area contributed by atoms with Crippen LogP contribution in [0.5, 0.6) is 0 Å². The third-order valence-corrected chi connectivity index (χ3v) is 2.44. The Morgan fingerprint density at radius 3 is 0.952 bits per heavy atom. The number of hydrazine groups is 2. The van der Waals surface area contributed by atoms with Crippen LogP contribution in [0.2, 0.25) is 0 Å². The average Bonchev–Trinajstić information content (AvgIpc) is 2.39. The second-order valence-corrected chi connectivity index (χ2v) is 3.44. The zero-order chi connectivity index (χ0) is 11.4. The minimum Gasteiger partial charge on any atom is -0.412 e. The lowest BCUT2D eigenvalue weighted by molar-refractivity contribution is 0.824. The van der Waals surface area contributed by atoms with Gasteiger partial charge in [-0.1, -0.05) is 24.3 Å². The van der Waals surface area contributed by atoms with Gasteiger partial charge in [0.25, 0.3) is 0 Å². The van der Waals surface area contributed by atoms with Gasteiger partial charge < -0.3 is 16.3 Å². The molecule has 0 saturated carbocycles. The van der Waals surface area contributed by atoms with E-state index in [0.29, 0.717) is 0 Å². The Morgan fingerprint density at radius 1 is 0.524 bits per heavy atom. The number of anilines is 2. The predicted molar refractivity (Wildman–Crippen MR) is 100 cm³/mol. The first-order valence-corrected chi connectivity index (χ1v) is 4.97. The van der Waals surface area contributed by atoms with Crippen LogP contribution in [0.4, 0.5) is 11.4 Å². The normalized spacial score (nSPS) is 7.52. The summed E-state index contributed by atoms with van der Waals surface area (Å²) in [6.07, 6.45) is 0. The average molecular weight is 378 g/mol. The summed E-state index contributed by atoms with van der Waals surface area (Å²) in [6, 6.07) is 15.8. The highest BCUT2D eigenvalue weighted by Gasteiger charge is 1.97. The van der Waals surface area contributed by atoms with E-state index >= 15 is 0 Å². The van der Waals surface area contributed by atoms with Crippen molar-refractivity contribution in [3.8, 4) is 11.1 Å². The summed E-state index contributed by atoms with van der Waals surface area (Å²) in [7, 11) is 0. The molecule has 2 aromatic carbocycles. The van der Waals surface area contributed by atoms with Crippen molar-refractivity contribution in [1.82, 2.24) is 0 Å². The van der Waals surface area contributed by atoms with Crippen LogP contribution in [0.15, 0.2) is 48.5 Å². The molecule has 21 heavy (non-hydrogen) atoms. The van der Waals surface area contributed by atoms with Crippen LogP contribution in [-0.4, -0.2) is 5.48 Å². The molecule has 0 aromatic heterocycles. The van der Waals surface area contributed by atoms with E-state index in [0.717, 1.165) is 22.5 Å². The number of rotatable bonds is 3. The molecule has 0 fully saturated rings. The number of halogens is 4. The van der Waals surface area contributed by atoms with Crippen LogP contribution in [0.3, 0.4) is 0 Å². The van der Waals surface area contributed by atoms with Crippen LogP contribution in [0.1, 0.15) is 0 Å². The lowest BCUT2D eigenvalue weighted by atomic mass is 10.1. The lowest BCUT2D eigenvalue weighted by Gasteiger charge is -2.05. The molecule has 0 aliphatic heterocycles. The molecule has 0 aliphatic rings. The van der Waals surface area contributed by atoms with Crippen LogP contribution in [0.25, 0.3) is 11.1 Å². The molecule has 5 nitrogen and oxygen atoms in total. The highest BCUT2D eigenvalue weighted by atomic mass is 35.5. The maximum atomic E-state index is 5.30. The van der Waals surface area contributed by atoms with E-state index in [1.54, 1.807) is 0 Å². The Labute approximate surface area is 148 Å². The van der Waals surface area contributed by atoms with Crippen LogP contribution >= 0.6 is 49.6 Å². The molecule has 0 bridgehead atoms. The van der Waals surface area contributed by atoms with Gasteiger partial charge in [-0.25, -0.2) is 0 Å². The Kier molecular flexibility index (Phi) is 18.9. The van der Waals surface area contributed by atoms with Gasteiger partial charge in [0.1, 0.15) is 0 Å². The number of hydrogen-bond acceptors (Lipinski definition) is 4. The van der Waals surface area contributed by atoms with Gasteiger partial charge in [0, 0.05) is 11.4 Å². The van der Waals surface area contributed by atoms with Crippen LogP contribution < -0.4 is 22.5 Å². The van der Waals surface area contributed by atoms with Gasteiger partial charge in [-0.05, 0) is 35.4 Å². The summed E-state index contributed by atoms with van der Waals surface area (Å²) >= 11 is 0. The third kappa shape index (κ3) is 7.59. The Bertz CT molecular complexity index is 422. The van der Waals surface area contributed by atoms with E-state index in [9.17, 15) is 0 Å². The van der Waals surface area contributed by atoms with E-state index in [-0.39, 0.29) is 55.1 Å². The van der Waals surface area contributed by atoms with Crippen molar-refractivity contribution in [2.75, 3.05) is 10.9 Å². The highest BCUT2D eigenvalue weighted by Crippen LogP contribution is 2.22. The first-order chi connectivity index (χ1) is 7.83. The first-order valence-electron chi connectivity index (χ1n) is 4.97. The SMILES string of the molecule is Cl.Cl.Cl.Cl.NNc1ccc(-c2ccc(NN)cc2)cc1.O. The van der Waals surface area contributed by atoms with E-state index in [4.69, 9.17) is 11.7 Å². The van der Waals surface area contributed by atoms with Crippen molar-refractivity contribution >= 4 is 61.0 Å². The molecule has 0 amide bonds. The third-order valence-electron chi connectivity index (χ3n) is 2.44. The van der Waals surface area contributed by atoms with Crippen molar-refractivity contribution in [1.29, 1.82) is 0 Å². The molecular formula is C12H20Cl4N4O. The summed E-state index contributed by atoms with van der Waals surface area (Å²) in [4.78, 5) is 0. The molecule has 9 heteroatoms. The molecule has 2 rings (SSSR count). The molecule has 0 aliphatic carbocycles. The number of nitrogen functional groups attached to an aromatic ring is 2. The second kappa shape index (κ2) is 14.0. The number of nitrogens with one attached hydrogen (secondary N) is 2. The van der Waals surface area contributed by atoms with E-state index in [1.807, 2.05) is 48.5 Å². The number of benzene rings is 2. The first kappa shape index (κ1) is 28.3. The van der Waals surface area contributed by atoms with Crippen molar-refractivity contribution in [3.63, 3.8) is 0 Å². The molecule has 8 N–H and O–H groups in total. The van der Waals surface area contributed by atoms with Gasteiger partial charge in [0.2, 0.25) is 0 Å². The summed E-state index contributed by atoms with van der Waals surface area (Å²) in [5.41, 5.74) is 9.26. The minimum atomic E-state index is 0. The summed E-state index contributed by atoms with van der Waals surface area (Å²) in [6.45, 7) is 0. The molecule has 0 unspecified atom stereocenters. The van der Waals surface area contributed by atoms with Crippen LogP contribution in [0, 0.1) is 0 Å². The maximum Gasteiger partial charge on any atom is 0.0485 e. The molecule has 122 valence electrons. The summed E-state index contributed by atoms with van der Waals surface area (Å²) in [5.74, 6) is 10.6. The van der Waals surface area contributed by atoms with Crippen molar-refractivity contribution in [3.05, 3.63) is 48.5 Å². The molecule has 0 radical (unpaired) electrons. The standard InChI is InChI=1S/C12H14N4.4ClH.H2O/c13-15-11-5-1-9(2-6-11)10-3-7-12(16-14)8-4-10;;;;;/h1-8,15-16H,13-14H2;4*1H;1H2. The van der Waals surface area contributed by atoms with E-state index in [1.165, 1.54) is 0 Å². The van der Waals surface area contributed by atoms with Crippen molar-refractivity contribution in [2.24, 2.45) is 11.7 Å². The fourth-order valence-corrected chi connectivity index (χ4v) is 1.52. The Morgan fingerprint density at radius 2 is 0.762 bits per heavy atom. The van der Waals surface area contributed by atoms with Crippen LogP contribution in [-0.2, 0) is 0 Å². The minimum absolute atomic E-state index is 0. The maximum absolute atomic E-state index is 5.30.